The summed E-state index contributed by atoms with van der Waals surface area (Å²) >= 11 is 0. The average Bonchev–Trinajstić information content (AvgIpc) is 2.87. The van der Waals surface area contributed by atoms with Crippen molar-refractivity contribution in [3.8, 4) is 0 Å². The predicted octanol–water partition coefficient (Wildman–Crippen LogP) is -0.00120. The quantitative estimate of drug-likeness (QED) is 0.772. The van der Waals surface area contributed by atoms with E-state index in [1.165, 1.54) is 0 Å². The molecule has 94 valence electrons. The van der Waals surface area contributed by atoms with Crippen LogP contribution in [-0.2, 0) is 11.3 Å². The van der Waals surface area contributed by atoms with Crippen LogP contribution >= 0.6 is 0 Å². The Morgan fingerprint density at radius 3 is 3.00 bits per heavy atom. The van der Waals surface area contributed by atoms with Gasteiger partial charge in [-0.3, -0.25) is 9.69 Å². The van der Waals surface area contributed by atoms with Crippen LogP contribution in [0.1, 0.15) is 12.2 Å². The number of aromatic amines is 1. The monoisotopic (exact) mass is 238 g/mol. The van der Waals surface area contributed by atoms with Crippen molar-refractivity contribution in [1.29, 1.82) is 0 Å². The number of aromatic nitrogens is 2. The van der Waals surface area contributed by atoms with E-state index in [2.05, 4.69) is 14.9 Å². The maximum Gasteiger partial charge on any atom is 0.320 e. The van der Waals surface area contributed by atoms with Gasteiger partial charge in [0, 0.05) is 25.0 Å². The molecule has 0 aliphatic carbocycles. The lowest BCUT2D eigenvalue weighted by Gasteiger charge is -2.20. The normalized spacial score (nSPS) is 25.6. The molecule has 0 amide bonds. The molecule has 6 heteroatoms. The number of likely N-dealkylation sites (N-methyl/N-ethyl adjacent to an activating group) is 1. The highest BCUT2D eigenvalue weighted by Gasteiger charge is 2.37. The SMILES string of the molecule is CN(C)[C@@H]1C[C@@H](C(=O)O)N(Cc2ncc[nH]2)C1. The minimum atomic E-state index is -0.749. The fraction of sp³-hybridized carbons (Fsp3) is 0.636. The first-order valence-electron chi connectivity index (χ1n) is 5.69. The summed E-state index contributed by atoms with van der Waals surface area (Å²) in [5, 5.41) is 9.22. The third-order valence-electron chi connectivity index (χ3n) is 3.30. The van der Waals surface area contributed by atoms with Crippen LogP contribution in [0.5, 0.6) is 0 Å². The molecule has 1 aromatic heterocycles. The fourth-order valence-electron chi connectivity index (χ4n) is 2.26. The summed E-state index contributed by atoms with van der Waals surface area (Å²) < 4.78 is 0. The van der Waals surface area contributed by atoms with Gasteiger partial charge in [0.1, 0.15) is 11.9 Å². The topological polar surface area (TPSA) is 72.5 Å². The van der Waals surface area contributed by atoms with Gasteiger partial charge in [0.2, 0.25) is 0 Å². The van der Waals surface area contributed by atoms with Gasteiger partial charge in [-0.1, -0.05) is 0 Å². The highest BCUT2D eigenvalue weighted by atomic mass is 16.4. The van der Waals surface area contributed by atoms with E-state index in [1.807, 2.05) is 19.0 Å². The molecule has 6 nitrogen and oxygen atoms in total. The lowest BCUT2D eigenvalue weighted by atomic mass is 10.1. The van der Waals surface area contributed by atoms with Crippen LogP contribution in [0.25, 0.3) is 0 Å². The smallest absolute Gasteiger partial charge is 0.320 e. The third kappa shape index (κ3) is 2.65. The summed E-state index contributed by atoms with van der Waals surface area (Å²) in [7, 11) is 3.97. The lowest BCUT2D eigenvalue weighted by molar-refractivity contribution is -0.142. The standard InChI is InChI=1S/C11H18N4O2/c1-14(2)8-5-9(11(16)17)15(6-8)7-10-12-3-4-13-10/h3-4,8-9H,5-7H2,1-2H3,(H,12,13)(H,16,17)/t8-,9+/m1/s1. The minimum absolute atomic E-state index is 0.297. The van der Waals surface area contributed by atoms with E-state index in [0.717, 1.165) is 12.4 Å². The Balaban J connectivity index is 2.06. The van der Waals surface area contributed by atoms with Crippen LogP contribution in [0.2, 0.25) is 0 Å². The molecule has 1 saturated heterocycles. The van der Waals surface area contributed by atoms with E-state index in [1.54, 1.807) is 12.4 Å². The molecule has 1 fully saturated rings. The molecule has 2 rings (SSSR count). The number of hydrogen-bond donors (Lipinski definition) is 2. The highest BCUT2D eigenvalue weighted by molar-refractivity contribution is 5.74. The summed E-state index contributed by atoms with van der Waals surface area (Å²) in [5.41, 5.74) is 0. The zero-order chi connectivity index (χ0) is 12.4. The van der Waals surface area contributed by atoms with Crippen molar-refractivity contribution < 1.29 is 9.90 Å². The first kappa shape index (κ1) is 12.1. The maximum atomic E-state index is 11.2. The van der Waals surface area contributed by atoms with E-state index in [4.69, 9.17) is 0 Å². The summed E-state index contributed by atoms with van der Waals surface area (Å²) in [6.07, 6.45) is 4.11. The zero-order valence-electron chi connectivity index (χ0n) is 10.1. The van der Waals surface area contributed by atoms with Gasteiger partial charge in [-0.25, -0.2) is 4.98 Å². The molecule has 2 N–H and O–H groups in total. The van der Waals surface area contributed by atoms with E-state index in [0.29, 0.717) is 19.0 Å². The number of nitrogens with one attached hydrogen (secondary N) is 1. The largest absolute Gasteiger partial charge is 0.480 e. The van der Waals surface area contributed by atoms with Gasteiger partial charge in [-0.15, -0.1) is 0 Å². The van der Waals surface area contributed by atoms with Crippen molar-refractivity contribution in [1.82, 2.24) is 19.8 Å². The summed E-state index contributed by atoms with van der Waals surface area (Å²) in [5.74, 6) is 0.0663. The van der Waals surface area contributed by atoms with Crippen molar-refractivity contribution >= 4 is 5.97 Å². The second kappa shape index (κ2) is 4.85. The van der Waals surface area contributed by atoms with Gasteiger partial charge in [-0.2, -0.15) is 0 Å². The van der Waals surface area contributed by atoms with Crippen molar-refractivity contribution in [2.75, 3.05) is 20.6 Å². The molecule has 1 aromatic rings. The molecular weight excluding hydrogens is 220 g/mol. The average molecular weight is 238 g/mol. The van der Waals surface area contributed by atoms with Gasteiger partial charge >= 0.3 is 5.97 Å². The molecule has 1 aliphatic heterocycles. The molecule has 0 aromatic carbocycles. The molecule has 17 heavy (non-hydrogen) atoms. The fourth-order valence-corrected chi connectivity index (χ4v) is 2.26. The molecule has 2 heterocycles. The number of carbonyl (C=O) groups is 1. The Labute approximate surface area is 100 Å². The van der Waals surface area contributed by atoms with Gasteiger partial charge in [0.15, 0.2) is 0 Å². The van der Waals surface area contributed by atoms with E-state index < -0.39 is 12.0 Å². The van der Waals surface area contributed by atoms with Crippen molar-refractivity contribution in [2.24, 2.45) is 0 Å². The minimum Gasteiger partial charge on any atom is -0.480 e. The second-order valence-electron chi connectivity index (χ2n) is 4.67. The second-order valence-corrected chi connectivity index (χ2v) is 4.67. The molecule has 0 radical (unpaired) electrons. The Bertz CT molecular complexity index is 377. The number of H-pyrrole nitrogens is 1. The van der Waals surface area contributed by atoms with E-state index >= 15 is 0 Å². The number of carboxylic acid groups (broad SMARTS) is 1. The maximum absolute atomic E-state index is 11.2. The van der Waals surface area contributed by atoms with Crippen molar-refractivity contribution in [3.63, 3.8) is 0 Å². The highest BCUT2D eigenvalue weighted by Crippen LogP contribution is 2.22. The number of nitrogens with zero attached hydrogens (tertiary/aromatic N) is 3. The Kier molecular flexibility index (Phi) is 3.44. The van der Waals surface area contributed by atoms with Crippen LogP contribution in [0.15, 0.2) is 12.4 Å². The van der Waals surface area contributed by atoms with Crippen LogP contribution in [0.3, 0.4) is 0 Å². The summed E-state index contributed by atoms with van der Waals surface area (Å²) in [4.78, 5) is 22.4. The molecular formula is C11H18N4O2. The number of carboxylic acids is 1. The molecule has 1 aliphatic rings. The van der Waals surface area contributed by atoms with Gasteiger partial charge in [0.05, 0.1) is 6.54 Å². The number of aliphatic carboxylic acids is 1. The van der Waals surface area contributed by atoms with E-state index in [9.17, 15) is 9.90 Å². The molecule has 0 spiro atoms. The van der Waals surface area contributed by atoms with Crippen molar-refractivity contribution in [3.05, 3.63) is 18.2 Å². The lowest BCUT2D eigenvalue weighted by Crippen LogP contribution is -2.36. The number of imidazole rings is 1. The van der Waals surface area contributed by atoms with Gasteiger partial charge in [-0.05, 0) is 20.5 Å². The van der Waals surface area contributed by atoms with E-state index in [-0.39, 0.29) is 0 Å². The van der Waals surface area contributed by atoms with Gasteiger partial charge < -0.3 is 15.0 Å². The summed E-state index contributed by atoms with van der Waals surface area (Å²) in [6.45, 7) is 1.33. The molecule has 0 unspecified atom stereocenters. The number of rotatable bonds is 4. The van der Waals surface area contributed by atoms with Crippen LogP contribution in [0.4, 0.5) is 0 Å². The van der Waals surface area contributed by atoms with Gasteiger partial charge in [0.25, 0.3) is 0 Å². The first-order chi connectivity index (χ1) is 8.08. The zero-order valence-corrected chi connectivity index (χ0v) is 10.1. The third-order valence-corrected chi connectivity index (χ3v) is 3.30. The Morgan fingerprint density at radius 2 is 2.47 bits per heavy atom. The first-order valence-corrected chi connectivity index (χ1v) is 5.69. The van der Waals surface area contributed by atoms with Crippen LogP contribution in [0, 0.1) is 0 Å². The van der Waals surface area contributed by atoms with Crippen LogP contribution < -0.4 is 0 Å². The van der Waals surface area contributed by atoms with Crippen molar-refractivity contribution in [2.45, 2.75) is 25.0 Å². The van der Waals surface area contributed by atoms with Crippen LogP contribution in [-0.4, -0.2) is 63.6 Å². The molecule has 0 saturated carbocycles. The Hall–Kier alpha value is -1.40. The number of hydrogen-bond acceptors (Lipinski definition) is 4. The molecule has 2 atom stereocenters. The Morgan fingerprint density at radius 1 is 1.71 bits per heavy atom. The molecule has 0 bridgehead atoms. The number of likely N-dealkylation sites (tertiary alicyclic amines) is 1. The predicted molar refractivity (Wildman–Crippen MR) is 62.5 cm³/mol. The summed E-state index contributed by atoms with van der Waals surface area (Å²) in [6, 6.07) is -0.112.